The first-order chi connectivity index (χ1) is 21.2. The zero-order chi connectivity index (χ0) is 30.3. The van der Waals surface area contributed by atoms with E-state index in [1.54, 1.807) is 43.5 Å². The molecule has 4 atom stereocenters. The number of ether oxygens (including phenoxy) is 4. The van der Waals surface area contributed by atoms with Crippen molar-refractivity contribution >= 4 is 40.2 Å². The molecular formula is C32H29Cl2FN4O5. The zero-order valence-corrected chi connectivity index (χ0v) is 25.6. The number of aromatic nitrogens is 3. The second-order valence-electron chi connectivity index (χ2n) is 12.1. The quantitative estimate of drug-likeness (QED) is 0.230. The number of halogens is 3. The summed E-state index contributed by atoms with van der Waals surface area (Å²) in [4.78, 5) is 23.9. The largest absolute Gasteiger partial charge is 0.465 e. The maximum atomic E-state index is 15.4. The average Bonchev–Trinajstić information content (AvgIpc) is 3.28. The molecule has 4 aliphatic rings. The number of carbonyl (C=O) groups excluding carboxylic acids is 1. The van der Waals surface area contributed by atoms with Crippen molar-refractivity contribution in [3.63, 3.8) is 0 Å². The Morgan fingerprint density at radius 1 is 1.16 bits per heavy atom. The van der Waals surface area contributed by atoms with E-state index in [2.05, 4.69) is 14.5 Å². The number of piperidine rings is 1. The summed E-state index contributed by atoms with van der Waals surface area (Å²) in [6.45, 7) is 5.32. The van der Waals surface area contributed by atoms with E-state index in [-0.39, 0.29) is 29.7 Å². The Morgan fingerprint density at radius 3 is 2.64 bits per heavy atom. The summed E-state index contributed by atoms with van der Waals surface area (Å²) >= 11 is 12.6. The lowest BCUT2D eigenvalue weighted by Gasteiger charge is -2.28. The monoisotopic (exact) mass is 638 g/mol. The van der Waals surface area contributed by atoms with Crippen molar-refractivity contribution in [3.8, 4) is 11.5 Å². The van der Waals surface area contributed by atoms with E-state index in [4.69, 9.17) is 47.1 Å². The van der Waals surface area contributed by atoms with Gasteiger partial charge in [0.25, 0.3) is 5.79 Å². The van der Waals surface area contributed by atoms with Crippen molar-refractivity contribution in [1.29, 1.82) is 0 Å². The molecule has 1 saturated carbocycles. The molecule has 0 amide bonds. The lowest BCUT2D eigenvalue weighted by molar-refractivity contribution is -0.0721. The first kappa shape index (κ1) is 28.1. The number of imidazole rings is 1. The second kappa shape index (κ2) is 10.3. The van der Waals surface area contributed by atoms with E-state index in [9.17, 15) is 4.79 Å². The van der Waals surface area contributed by atoms with Gasteiger partial charge in [-0.1, -0.05) is 23.2 Å². The zero-order valence-electron chi connectivity index (χ0n) is 24.1. The highest BCUT2D eigenvalue weighted by Crippen LogP contribution is 2.63. The molecule has 2 aromatic heterocycles. The minimum atomic E-state index is -1.18. The van der Waals surface area contributed by atoms with Crippen LogP contribution in [0.15, 0.2) is 42.6 Å². The van der Waals surface area contributed by atoms with Gasteiger partial charge in [-0.25, -0.2) is 14.2 Å². The molecule has 0 N–H and O–H groups in total. The Morgan fingerprint density at radius 2 is 1.95 bits per heavy atom. The van der Waals surface area contributed by atoms with Crippen molar-refractivity contribution in [2.75, 3.05) is 26.8 Å². The number of esters is 1. The van der Waals surface area contributed by atoms with Crippen molar-refractivity contribution in [2.24, 2.45) is 11.8 Å². The molecule has 4 aromatic rings. The molecule has 2 aromatic carbocycles. The van der Waals surface area contributed by atoms with Crippen molar-refractivity contribution in [3.05, 3.63) is 81.1 Å². The molecular weight excluding hydrogens is 610 g/mol. The Bertz CT molecular complexity index is 1800. The maximum absolute atomic E-state index is 15.4. The highest BCUT2D eigenvalue weighted by Gasteiger charge is 2.59. The fourth-order valence-corrected chi connectivity index (χ4v) is 7.39. The van der Waals surface area contributed by atoms with Gasteiger partial charge in [0, 0.05) is 38.4 Å². The molecule has 44 heavy (non-hydrogen) atoms. The summed E-state index contributed by atoms with van der Waals surface area (Å²) in [6.07, 6.45) is 2.59. The van der Waals surface area contributed by atoms with Crippen LogP contribution in [-0.4, -0.2) is 58.3 Å². The van der Waals surface area contributed by atoms with Gasteiger partial charge in [0.2, 0.25) is 0 Å². The van der Waals surface area contributed by atoms with Crippen molar-refractivity contribution < 1.29 is 28.1 Å². The van der Waals surface area contributed by atoms with Gasteiger partial charge in [-0.2, -0.15) is 0 Å². The lowest BCUT2D eigenvalue weighted by atomic mass is 10.0. The summed E-state index contributed by atoms with van der Waals surface area (Å²) in [6, 6.07) is 9.94. The van der Waals surface area contributed by atoms with Gasteiger partial charge >= 0.3 is 5.97 Å². The van der Waals surface area contributed by atoms with Crippen molar-refractivity contribution in [2.45, 2.75) is 44.2 Å². The van der Waals surface area contributed by atoms with Gasteiger partial charge in [0.05, 0.1) is 47.4 Å². The highest BCUT2D eigenvalue weighted by atomic mass is 35.5. The van der Waals surface area contributed by atoms with Crippen LogP contribution in [0.4, 0.5) is 4.39 Å². The number of carbonyl (C=O) groups is 1. The predicted molar refractivity (Wildman–Crippen MR) is 160 cm³/mol. The predicted octanol–water partition coefficient (Wildman–Crippen LogP) is 5.94. The van der Waals surface area contributed by atoms with Crippen LogP contribution in [-0.2, 0) is 28.4 Å². The second-order valence-corrected chi connectivity index (χ2v) is 12.9. The van der Waals surface area contributed by atoms with Gasteiger partial charge < -0.3 is 23.5 Å². The van der Waals surface area contributed by atoms with Crippen LogP contribution in [0.1, 0.15) is 46.7 Å². The topological polar surface area (TPSA) is 87.9 Å². The molecule has 0 bridgehead atoms. The van der Waals surface area contributed by atoms with Crippen LogP contribution in [0.2, 0.25) is 10.0 Å². The molecule has 3 fully saturated rings. The first-order valence-electron chi connectivity index (χ1n) is 14.7. The SMILES string of the molecule is COC(=O)c1cc(Cl)c2nc(CN3CC4C(C3)C4c3c(F)ccc4c3OC(C)(c3ccc(Cl)cn3)O4)n(C[C@@H]3CCO3)c2c1. The summed E-state index contributed by atoms with van der Waals surface area (Å²) < 4.78 is 40.7. The van der Waals surface area contributed by atoms with Crippen LogP contribution >= 0.6 is 23.2 Å². The summed E-state index contributed by atoms with van der Waals surface area (Å²) in [5.74, 6) is 0.494. The number of hydrogen-bond donors (Lipinski definition) is 0. The molecule has 8 rings (SSSR count). The van der Waals surface area contributed by atoms with Gasteiger partial charge in [0.1, 0.15) is 22.9 Å². The molecule has 0 spiro atoms. The van der Waals surface area contributed by atoms with E-state index < -0.39 is 11.8 Å². The average molecular weight is 640 g/mol. The molecule has 5 heterocycles. The summed E-state index contributed by atoms with van der Waals surface area (Å²) in [7, 11) is 1.35. The number of benzene rings is 2. The number of methoxy groups -OCH3 is 1. The Labute approximate surface area is 262 Å². The first-order valence-corrected chi connectivity index (χ1v) is 15.4. The van der Waals surface area contributed by atoms with Crippen LogP contribution < -0.4 is 9.47 Å². The van der Waals surface area contributed by atoms with E-state index >= 15 is 4.39 Å². The van der Waals surface area contributed by atoms with Crippen LogP contribution in [0.3, 0.4) is 0 Å². The van der Waals surface area contributed by atoms with Crippen LogP contribution in [0.25, 0.3) is 11.0 Å². The Balaban J connectivity index is 1.03. The molecule has 1 aliphatic carbocycles. The van der Waals surface area contributed by atoms with E-state index in [1.807, 2.05) is 0 Å². The lowest BCUT2D eigenvalue weighted by Crippen LogP contribution is -2.33. The number of likely N-dealkylation sites (tertiary alicyclic amines) is 1. The standard InChI is InChI=1S/C32H29Cl2FN4O5/c1-32(25-6-3-17(33)11-36-25)43-24-5-4-22(35)28(30(24)44-32)27-19-13-38(14-20(19)27)15-26-37-29-21(34)9-16(31(40)41-2)10-23(29)39(26)12-18-7-8-42-18/h3-6,9-11,18-20,27H,7-8,12-15H2,1-2H3/t18-,19?,20?,27?,32?/m0/s1. The van der Waals surface area contributed by atoms with Gasteiger partial charge in [-0.05, 0) is 60.6 Å². The third-order valence-corrected chi connectivity index (χ3v) is 9.87. The van der Waals surface area contributed by atoms with E-state index in [0.29, 0.717) is 57.0 Å². The number of rotatable bonds is 7. The highest BCUT2D eigenvalue weighted by molar-refractivity contribution is 6.35. The number of hydrogen-bond acceptors (Lipinski definition) is 8. The fourth-order valence-electron chi connectivity index (χ4n) is 7.02. The maximum Gasteiger partial charge on any atom is 0.337 e. The summed E-state index contributed by atoms with van der Waals surface area (Å²) in [5.41, 5.74) is 2.94. The molecule has 12 heteroatoms. The fraction of sp³-hybridized carbons (Fsp3) is 0.406. The third kappa shape index (κ3) is 4.53. The summed E-state index contributed by atoms with van der Waals surface area (Å²) in [5, 5.41) is 0.911. The molecule has 0 radical (unpaired) electrons. The number of pyridine rings is 1. The van der Waals surface area contributed by atoms with Crippen molar-refractivity contribution in [1.82, 2.24) is 19.4 Å². The smallest absolute Gasteiger partial charge is 0.337 e. The molecule has 228 valence electrons. The van der Waals surface area contributed by atoms with Gasteiger partial charge in [-0.15, -0.1) is 0 Å². The number of fused-ring (bicyclic) bond motifs is 3. The Hall–Kier alpha value is -3.44. The van der Waals surface area contributed by atoms with Gasteiger partial charge in [0.15, 0.2) is 11.5 Å². The minimum Gasteiger partial charge on any atom is -0.465 e. The minimum absolute atomic E-state index is 0.0320. The third-order valence-electron chi connectivity index (χ3n) is 9.36. The van der Waals surface area contributed by atoms with Crippen LogP contribution in [0, 0.1) is 17.7 Å². The molecule has 9 nitrogen and oxygen atoms in total. The Kier molecular flexibility index (Phi) is 6.57. The van der Waals surface area contributed by atoms with E-state index in [0.717, 1.165) is 37.5 Å². The van der Waals surface area contributed by atoms with Gasteiger partial charge in [-0.3, -0.25) is 9.88 Å². The molecule has 3 unspecified atom stereocenters. The molecule has 3 aliphatic heterocycles. The van der Waals surface area contributed by atoms with E-state index in [1.165, 1.54) is 13.2 Å². The molecule has 2 saturated heterocycles. The number of nitrogens with zero attached hydrogens (tertiary/aromatic N) is 4. The normalized spacial score (nSPS) is 26.9. The van der Waals surface area contributed by atoms with Crippen LogP contribution in [0.5, 0.6) is 11.5 Å².